The standard InChI is InChI=1S/2C6H15NO/c2*1-6(2,5-8)7(3)4/h2*8H,5H2,1-4H3. The highest BCUT2D eigenvalue weighted by atomic mass is 16.3. The van der Waals surface area contributed by atoms with Crippen LogP contribution in [0.2, 0.25) is 0 Å². The monoisotopic (exact) mass is 234 g/mol. The Morgan fingerprint density at radius 1 is 0.688 bits per heavy atom. The molecular weight excluding hydrogens is 204 g/mol. The zero-order valence-corrected chi connectivity index (χ0v) is 12.2. The van der Waals surface area contributed by atoms with E-state index in [0.29, 0.717) is 0 Å². The lowest BCUT2D eigenvalue weighted by molar-refractivity contribution is 0.100. The van der Waals surface area contributed by atoms with Crippen LogP contribution in [0.3, 0.4) is 0 Å². The first kappa shape index (κ1) is 18.2. The van der Waals surface area contributed by atoms with Crippen molar-refractivity contribution in [2.24, 2.45) is 0 Å². The molecule has 0 rings (SSSR count). The van der Waals surface area contributed by atoms with Gasteiger partial charge in [-0.2, -0.15) is 0 Å². The zero-order valence-electron chi connectivity index (χ0n) is 12.2. The van der Waals surface area contributed by atoms with Crippen LogP contribution >= 0.6 is 0 Å². The summed E-state index contributed by atoms with van der Waals surface area (Å²) in [6.45, 7) is 8.39. The average Bonchev–Trinajstić information content (AvgIpc) is 2.18. The number of rotatable bonds is 4. The summed E-state index contributed by atoms with van der Waals surface area (Å²) in [6.07, 6.45) is 0. The summed E-state index contributed by atoms with van der Waals surface area (Å²) in [5, 5.41) is 17.4. The quantitative estimate of drug-likeness (QED) is 0.749. The fraction of sp³-hybridized carbons (Fsp3) is 1.00. The molecule has 0 aromatic rings. The highest BCUT2D eigenvalue weighted by molar-refractivity contribution is 4.74. The van der Waals surface area contributed by atoms with Gasteiger partial charge >= 0.3 is 0 Å². The number of hydrogen-bond acceptors (Lipinski definition) is 4. The van der Waals surface area contributed by atoms with Crippen LogP contribution in [0.25, 0.3) is 0 Å². The van der Waals surface area contributed by atoms with Crippen molar-refractivity contribution in [2.45, 2.75) is 38.8 Å². The summed E-state index contributed by atoms with van der Waals surface area (Å²) in [7, 11) is 7.82. The molecule has 0 saturated heterocycles. The van der Waals surface area contributed by atoms with Crippen molar-refractivity contribution in [1.82, 2.24) is 9.80 Å². The molecule has 0 aromatic carbocycles. The molecule has 0 aromatic heterocycles. The number of hydrogen-bond donors (Lipinski definition) is 2. The Morgan fingerprint density at radius 2 is 0.875 bits per heavy atom. The van der Waals surface area contributed by atoms with Crippen molar-refractivity contribution in [3.8, 4) is 0 Å². The molecule has 0 spiro atoms. The molecule has 0 atom stereocenters. The molecule has 2 N–H and O–H groups in total. The van der Waals surface area contributed by atoms with Crippen LogP contribution in [0.1, 0.15) is 27.7 Å². The van der Waals surface area contributed by atoms with E-state index >= 15 is 0 Å². The molecule has 0 unspecified atom stereocenters. The van der Waals surface area contributed by atoms with Gasteiger partial charge in [0.05, 0.1) is 13.2 Å². The van der Waals surface area contributed by atoms with Crippen LogP contribution in [0.4, 0.5) is 0 Å². The van der Waals surface area contributed by atoms with Gasteiger partial charge in [-0.3, -0.25) is 0 Å². The minimum atomic E-state index is -0.0694. The first-order chi connectivity index (χ1) is 7.01. The van der Waals surface area contributed by atoms with Gasteiger partial charge in [-0.1, -0.05) is 0 Å². The minimum absolute atomic E-state index is 0.0694. The van der Waals surface area contributed by atoms with Crippen molar-refractivity contribution in [1.29, 1.82) is 0 Å². The molecule has 0 heterocycles. The first-order valence-electron chi connectivity index (χ1n) is 5.58. The van der Waals surface area contributed by atoms with Gasteiger partial charge in [-0.15, -0.1) is 0 Å². The van der Waals surface area contributed by atoms with Gasteiger partial charge in [0.1, 0.15) is 0 Å². The lowest BCUT2D eigenvalue weighted by Gasteiger charge is -2.29. The normalized spacial score (nSPS) is 12.8. The summed E-state index contributed by atoms with van der Waals surface area (Å²) < 4.78 is 0. The van der Waals surface area contributed by atoms with E-state index in [4.69, 9.17) is 10.2 Å². The second kappa shape index (κ2) is 7.22. The second-order valence-electron chi connectivity index (χ2n) is 5.73. The van der Waals surface area contributed by atoms with Crippen LogP contribution in [-0.4, -0.2) is 72.5 Å². The lowest BCUT2D eigenvalue weighted by Crippen LogP contribution is -2.41. The van der Waals surface area contributed by atoms with E-state index in [1.165, 1.54) is 0 Å². The van der Waals surface area contributed by atoms with E-state index in [1.54, 1.807) is 0 Å². The van der Waals surface area contributed by atoms with E-state index in [1.807, 2.05) is 65.7 Å². The third-order valence-electron chi connectivity index (χ3n) is 3.20. The van der Waals surface area contributed by atoms with Crippen LogP contribution in [-0.2, 0) is 0 Å². The molecule has 4 nitrogen and oxygen atoms in total. The third-order valence-corrected chi connectivity index (χ3v) is 3.20. The van der Waals surface area contributed by atoms with Crippen LogP contribution in [0, 0.1) is 0 Å². The summed E-state index contributed by atoms with van der Waals surface area (Å²) in [5.74, 6) is 0. The van der Waals surface area contributed by atoms with Crippen molar-refractivity contribution in [3.05, 3.63) is 0 Å². The minimum Gasteiger partial charge on any atom is -0.394 e. The molecule has 0 aliphatic rings. The van der Waals surface area contributed by atoms with Gasteiger partial charge in [0.15, 0.2) is 0 Å². The highest BCUT2D eigenvalue weighted by Crippen LogP contribution is 2.07. The maximum absolute atomic E-state index is 8.72. The number of aliphatic hydroxyl groups excluding tert-OH is 2. The fourth-order valence-electron chi connectivity index (χ4n) is 0.283. The molecule has 4 heteroatoms. The maximum Gasteiger partial charge on any atom is 0.0609 e. The van der Waals surface area contributed by atoms with E-state index in [-0.39, 0.29) is 24.3 Å². The van der Waals surface area contributed by atoms with Gasteiger partial charge in [-0.25, -0.2) is 0 Å². The van der Waals surface area contributed by atoms with Crippen molar-refractivity contribution < 1.29 is 10.2 Å². The molecule has 0 radical (unpaired) electrons. The fourth-order valence-corrected chi connectivity index (χ4v) is 0.283. The summed E-state index contributed by atoms with van der Waals surface area (Å²) in [6, 6.07) is 0. The molecule has 16 heavy (non-hydrogen) atoms. The van der Waals surface area contributed by atoms with Crippen LogP contribution in [0.15, 0.2) is 0 Å². The topological polar surface area (TPSA) is 46.9 Å². The van der Waals surface area contributed by atoms with Crippen molar-refractivity contribution >= 4 is 0 Å². The summed E-state index contributed by atoms with van der Waals surface area (Å²) in [5.41, 5.74) is -0.139. The maximum atomic E-state index is 8.72. The molecule has 0 aliphatic carbocycles. The lowest BCUT2D eigenvalue weighted by atomic mass is 10.1. The number of likely N-dealkylation sites (N-methyl/N-ethyl adjacent to an activating group) is 2. The van der Waals surface area contributed by atoms with Gasteiger partial charge in [0.25, 0.3) is 0 Å². The second-order valence-corrected chi connectivity index (χ2v) is 5.73. The summed E-state index contributed by atoms with van der Waals surface area (Å²) >= 11 is 0. The molecule has 0 amide bonds. The average molecular weight is 234 g/mol. The molecule has 0 saturated carbocycles. The molecule has 0 aliphatic heterocycles. The molecular formula is C12H30N2O2. The highest BCUT2D eigenvalue weighted by Gasteiger charge is 2.18. The summed E-state index contributed by atoms with van der Waals surface area (Å²) in [4.78, 5) is 3.99. The van der Waals surface area contributed by atoms with Crippen molar-refractivity contribution in [3.63, 3.8) is 0 Å². The predicted molar refractivity (Wildman–Crippen MR) is 69.7 cm³/mol. The van der Waals surface area contributed by atoms with E-state index in [2.05, 4.69) is 0 Å². The Morgan fingerprint density at radius 3 is 0.875 bits per heavy atom. The third kappa shape index (κ3) is 7.17. The van der Waals surface area contributed by atoms with Gasteiger partial charge in [0, 0.05) is 11.1 Å². The Labute approximate surface area is 101 Å². The van der Waals surface area contributed by atoms with E-state index < -0.39 is 0 Å². The molecule has 0 fully saturated rings. The molecule has 0 bridgehead atoms. The van der Waals surface area contributed by atoms with Crippen molar-refractivity contribution in [2.75, 3.05) is 41.4 Å². The number of nitrogens with zero attached hydrogens (tertiary/aromatic N) is 2. The van der Waals surface area contributed by atoms with E-state index in [0.717, 1.165) is 0 Å². The first-order valence-corrected chi connectivity index (χ1v) is 5.58. The predicted octanol–water partition coefficient (Wildman–Crippen LogP) is 0.638. The zero-order chi connectivity index (χ0) is 13.6. The van der Waals surface area contributed by atoms with Gasteiger partial charge < -0.3 is 20.0 Å². The number of aliphatic hydroxyl groups is 2. The van der Waals surface area contributed by atoms with E-state index in [9.17, 15) is 0 Å². The Hall–Kier alpha value is -0.160. The van der Waals surface area contributed by atoms with Gasteiger partial charge in [-0.05, 0) is 55.9 Å². The largest absolute Gasteiger partial charge is 0.394 e. The van der Waals surface area contributed by atoms with Gasteiger partial charge in [0.2, 0.25) is 0 Å². The Bertz CT molecular complexity index is 158. The SMILES string of the molecule is CN(C)C(C)(C)CO.CN(C)C(C)(C)CO. The Kier molecular flexibility index (Phi) is 8.22. The van der Waals surface area contributed by atoms with Crippen LogP contribution in [0.5, 0.6) is 0 Å². The molecule has 100 valence electrons. The Balaban J connectivity index is 0. The smallest absolute Gasteiger partial charge is 0.0609 e. The van der Waals surface area contributed by atoms with Crippen LogP contribution < -0.4 is 0 Å².